The summed E-state index contributed by atoms with van der Waals surface area (Å²) in [5.41, 5.74) is 0.646. The van der Waals surface area contributed by atoms with Gasteiger partial charge in [0.1, 0.15) is 11.4 Å². The number of aryl methyl sites for hydroxylation is 1. The summed E-state index contributed by atoms with van der Waals surface area (Å²) in [5.74, 6) is -0.0490. The van der Waals surface area contributed by atoms with Crippen molar-refractivity contribution in [3.63, 3.8) is 0 Å². The fraction of sp³-hybridized carbons (Fsp3) is 0.0833. The van der Waals surface area contributed by atoms with Gasteiger partial charge in [0.2, 0.25) is 0 Å². The molecule has 0 spiro atoms. The highest BCUT2D eigenvalue weighted by Crippen LogP contribution is 2.05. The third kappa shape index (κ3) is 2.57. The van der Waals surface area contributed by atoms with Crippen LogP contribution in [-0.4, -0.2) is 15.9 Å². The molecule has 0 aliphatic carbocycles. The summed E-state index contributed by atoms with van der Waals surface area (Å²) in [6.45, 7) is 1.90. The van der Waals surface area contributed by atoms with E-state index in [2.05, 4.69) is 15.3 Å². The van der Waals surface area contributed by atoms with Gasteiger partial charge in [-0.15, -0.1) is 0 Å². The van der Waals surface area contributed by atoms with Crippen LogP contribution in [0, 0.1) is 6.92 Å². The lowest BCUT2D eigenvalue weighted by molar-refractivity contribution is 0.102. The van der Waals surface area contributed by atoms with Gasteiger partial charge in [-0.1, -0.05) is 6.07 Å². The van der Waals surface area contributed by atoms with E-state index in [-0.39, 0.29) is 5.56 Å². The topological polar surface area (TPSA) is 74.8 Å². The molecule has 0 fully saturated rings. The van der Waals surface area contributed by atoms with Crippen molar-refractivity contribution in [1.29, 1.82) is 0 Å². The average Bonchev–Trinajstić information content (AvgIpc) is 2.32. The number of aromatic amines is 1. The molecule has 86 valence electrons. The first-order valence-electron chi connectivity index (χ1n) is 5.08. The standard InChI is InChI=1S/C12H11N3O2/c1-8-4-5-10(14-7-8)15-12(17)9-3-2-6-13-11(9)16/h2-7H,1H3,(H,13,16)(H,14,15,17). The minimum absolute atomic E-state index is 0.0647. The average molecular weight is 229 g/mol. The number of hydrogen-bond acceptors (Lipinski definition) is 3. The third-order valence-corrected chi connectivity index (χ3v) is 2.22. The number of carbonyl (C=O) groups excluding carboxylic acids is 1. The Morgan fingerprint density at radius 3 is 2.82 bits per heavy atom. The minimum Gasteiger partial charge on any atom is -0.328 e. The molecular weight excluding hydrogens is 218 g/mol. The van der Waals surface area contributed by atoms with Crippen molar-refractivity contribution in [2.45, 2.75) is 6.92 Å². The van der Waals surface area contributed by atoms with E-state index in [4.69, 9.17) is 0 Å². The van der Waals surface area contributed by atoms with Gasteiger partial charge in [-0.2, -0.15) is 0 Å². The summed E-state index contributed by atoms with van der Waals surface area (Å²) >= 11 is 0. The molecular formula is C12H11N3O2. The Kier molecular flexibility index (Phi) is 3.00. The molecule has 2 aromatic rings. The number of pyridine rings is 2. The van der Waals surface area contributed by atoms with Gasteiger partial charge in [-0.3, -0.25) is 9.59 Å². The van der Waals surface area contributed by atoms with Crippen molar-refractivity contribution < 1.29 is 4.79 Å². The number of carbonyl (C=O) groups is 1. The molecule has 0 bridgehead atoms. The van der Waals surface area contributed by atoms with E-state index in [0.717, 1.165) is 5.56 Å². The maximum Gasteiger partial charge on any atom is 0.262 e. The van der Waals surface area contributed by atoms with Crippen LogP contribution in [0.4, 0.5) is 5.82 Å². The SMILES string of the molecule is Cc1ccc(NC(=O)c2ccc[nH]c2=O)nc1. The normalized spacial score (nSPS) is 9.94. The number of H-pyrrole nitrogens is 1. The van der Waals surface area contributed by atoms with Gasteiger partial charge in [-0.05, 0) is 30.7 Å². The van der Waals surface area contributed by atoms with E-state index in [1.165, 1.54) is 12.3 Å². The van der Waals surface area contributed by atoms with Crippen molar-refractivity contribution in [3.8, 4) is 0 Å². The molecule has 5 heteroatoms. The second-order valence-electron chi connectivity index (χ2n) is 3.59. The van der Waals surface area contributed by atoms with Gasteiger partial charge >= 0.3 is 0 Å². The highest BCUT2D eigenvalue weighted by Gasteiger charge is 2.09. The second kappa shape index (κ2) is 4.61. The zero-order valence-electron chi connectivity index (χ0n) is 9.23. The Hall–Kier alpha value is -2.43. The molecule has 0 saturated heterocycles. The summed E-state index contributed by atoms with van der Waals surface area (Å²) < 4.78 is 0. The highest BCUT2D eigenvalue weighted by molar-refractivity contribution is 6.03. The molecule has 0 aliphatic rings. The zero-order chi connectivity index (χ0) is 12.3. The Bertz CT molecular complexity index is 587. The molecule has 2 N–H and O–H groups in total. The van der Waals surface area contributed by atoms with Gasteiger partial charge in [0.25, 0.3) is 11.5 Å². The number of anilines is 1. The van der Waals surface area contributed by atoms with Crippen LogP contribution in [0.1, 0.15) is 15.9 Å². The molecule has 0 aromatic carbocycles. The lowest BCUT2D eigenvalue weighted by Crippen LogP contribution is -2.22. The predicted octanol–water partition coefficient (Wildman–Crippen LogP) is 1.33. The number of rotatable bonds is 2. The lowest BCUT2D eigenvalue weighted by atomic mass is 10.2. The molecule has 0 atom stereocenters. The number of hydrogen-bond donors (Lipinski definition) is 2. The summed E-state index contributed by atoms with van der Waals surface area (Å²) in [6, 6.07) is 6.57. The fourth-order valence-corrected chi connectivity index (χ4v) is 1.33. The van der Waals surface area contributed by atoms with Gasteiger partial charge in [0.05, 0.1) is 0 Å². The van der Waals surface area contributed by atoms with Gasteiger partial charge < -0.3 is 10.3 Å². The fourth-order valence-electron chi connectivity index (χ4n) is 1.33. The maximum atomic E-state index is 11.7. The zero-order valence-corrected chi connectivity index (χ0v) is 9.23. The van der Waals surface area contributed by atoms with E-state index in [1.54, 1.807) is 18.3 Å². The first-order chi connectivity index (χ1) is 8.16. The molecule has 0 unspecified atom stereocenters. The number of aromatic nitrogens is 2. The van der Waals surface area contributed by atoms with Crippen LogP contribution >= 0.6 is 0 Å². The van der Waals surface area contributed by atoms with Gasteiger partial charge in [0, 0.05) is 12.4 Å². The predicted molar refractivity (Wildman–Crippen MR) is 64.0 cm³/mol. The molecule has 1 amide bonds. The number of nitrogens with one attached hydrogen (secondary N) is 2. The first kappa shape index (κ1) is 11.1. The van der Waals surface area contributed by atoms with E-state index in [9.17, 15) is 9.59 Å². The van der Waals surface area contributed by atoms with Gasteiger partial charge in [-0.25, -0.2) is 4.98 Å². The van der Waals surface area contributed by atoms with Gasteiger partial charge in [0.15, 0.2) is 0 Å². The third-order valence-electron chi connectivity index (χ3n) is 2.22. The Balaban J connectivity index is 2.20. The van der Waals surface area contributed by atoms with Crippen molar-refractivity contribution in [2.24, 2.45) is 0 Å². The highest BCUT2D eigenvalue weighted by atomic mass is 16.2. The van der Waals surface area contributed by atoms with E-state index in [0.29, 0.717) is 5.82 Å². The molecule has 5 nitrogen and oxygen atoms in total. The monoisotopic (exact) mass is 229 g/mol. The quantitative estimate of drug-likeness (QED) is 0.815. The van der Waals surface area contributed by atoms with Crippen molar-refractivity contribution in [1.82, 2.24) is 9.97 Å². The summed E-state index contributed by atoms with van der Waals surface area (Å²) in [4.78, 5) is 29.6. The van der Waals surface area contributed by atoms with Crippen molar-refractivity contribution >= 4 is 11.7 Å². The molecule has 2 heterocycles. The molecule has 2 aromatic heterocycles. The van der Waals surface area contributed by atoms with Crippen LogP contribution in [-0.2, 0) is 0 Å². The van der Waals surface area contributed by atoms with E-state index < -0.39 is 11.5 Å². The maximum absolute atomic E-state index is 11.7. The molecule has 0 saturated carbocycles. The molecule has 0 aliphatic heterocycles. The molecule has 0 radical (unpaired) electrons. The smallest absolute Gasteiger partial charge is 0.262 e. The van der Waals surface area contributed by atoms with Crippen molar-refractivity contribution in [3.05, 3.63) is 58.1 Å². The largest absolute Gasteiger partial charge is 0.328 e. The van der Waals surface area contributed by atoms with E-state index in [1.807, 2.05) is 13.0 Å². The lowest BCUT2D eigenvalue weighted by Gasteiger charge is -2.03. The summed E-state index contributed by atoms with van der Waals surface area (Å²) in [5, 5.41) is 2.56. The summed E-state index contributed by atoms with van der Waals surface area (Å²) in [7, 11) is 0. The number of nitrogens with zero attached hydrogens (tertiary/aromatic N) is 1. The Morgan fingerprint density at radius 2 is 2.18 bits per heavy atom. The van der Waals surface area contributed by atoms with Crippen LogP contribution in [0.3, 0.4) is 0 Å². The molecule has 2 rings (SSSR count). The first-order valence-corrected chi connectivity index (χ1v) is 5.08. The van der Waals surface area contributed by atoms with Crippen LogP contribution in [0.15, 0.2) is 41.5 Å². The number of amides is 1. The van der Waals surface area contributed by atoms with E-state index >= 15 is 0 Å². The Morgan fingerprint density at radius 1 is 1.35 bits per heavy atom. The second-order valence-corrected chi connectivity index (χ2v) is 3.59. The van der Waals surface area contributed by atoms with Crippen molar-refractivity contribution in [2.75, 3.05) is 5.32 Å². The molecule has 17 heavy (non-hydrogen) atoms. The Labute approximate surface area is 97.5 Å². The van der Waals surface area contributed by atoms with Crippen LogP contribution in [0.5, 0.6) is 0 Å². The minimum atomic E-state index is -0.469. The van der Waals surface area contributed by atoms with Crippen LogP contribution in [0.2, 0.25) is 0 Å². The van der Waals surface area contributed by atoms with Crippen LogP contribution < -0.4 is 10.9 Å². The summed E-state index contributed by atoms with van der Waals surface area (Å²) in [6.07, 6.45) is 3.12. The van der Waals surface area contributed by atoms with Crippen LogP contribution in [0.25, 0.3) is 0 Å².